The van der Waals surface area contributed by atoms with E-state index in [1.165, 1.54) is 23.3 Å². The van der Waals surface area contributed by atoms with Crippen LogP contribution in [0.1, 0.15) is 38.5 Å². The number of nitrogens with zero attached hydrogens (tertiary/aromatic N) is 1. The minimum atomic E-state index is 0.158. The fourth-order valence-corrected chi connectivity index (χ4v) is 5.76. The largest absolute Gasteiger partial charge is 0.377 e. The summed E-state index contributed by atoms with van der Waals surface area (Å²) >= 11 is 3.27. The zero-order valence-electron chi connectivity index (χ0n) is 20.6. The van der Waals surface area contributed by atoms with Gasteiger partial charge in [-0.15, -0.1) is 11.8 Å². The van der Waals surface area contributed by atoms with E-state index in [1.54, 1.807) is 12.6 Å². The predicted octanol–water partition coefficient (Wildman–Crippen LogP) is 4.67. The maximum Gasteiger partial charge on any atom is 0.233 e. The van der Waals surface area contributed by atoms with Crippen LogP contribution in [0.5, 0.6) is 0 Å². The molecule has 1 atom stereocenters. The van der Waals surface area contributed by atoms with Gasteiger partial charge in [0.15, 0.2) is 5.69 Å². The average molecular weight is 504 g/mol. The van der Waals surface area contributed by atoms with Crippen molar-refractivity contribution in [1.82, 2.24) is 9.62 Å². The molecule has 1 fully saturated rings. The van der Waals surface area contributed by atoms with Crippen LogP contribution in [0.2, 0.25) is 0 Å². The van der Waals surface area contributed by atoms with Crippen molar-refractivity contribution in [3.05, 3.63) is 48.5 Å². The molecule has 3 rings (SSSR count). The molecule has 0 heterocycles. The summed E-state index contributed by atoms with van der Waals surface area (Å²) in [5.41, 5.74) is 3.80. The summed E-state index contributed by atoms with van der Waals surface area (Å²) < 4.78 is 3.06. The molecular weight excluding hydrogens is 464 g/mol. The van der Waals surface area contributed by atoms with Gasteiger partial charge in [-0.3, -0.25) is 9.52 Å². The second kappa shape index (κ2) is 14.6. The number of thioether (sulfide) groups is 1. The first-order valence-corrected chi connectivity index (χ1v) is 13.9. The number of nitrogens with one attached hydrogen (secondary N) is 2. The SMILES string of the molecule is CO[NH2+]c1cc(SNC(=O)C2CCCCC2)ccc1NC(CCN(C)C)CSc1ccccc1. The Balaban J connectivity index is 1.63. The summed E-state index contributed by atoms with van der Waals surface area (Å²) in [4.78, 5) is 22.4. The standard InChI is InChI=1S/C26H38N4O2S2/c1-30(2)17-16-21(19-33-22-12-8-5-9-13-22)27-24-15-14-23(18-25(24)28-32-3)34-29-26(31)20-10-6-4-7-11-20/h5,8-9,12-15,18,20-21,27-28H,4,6-7,10-11,16-17,19H2,1-3H3,(H,29,31)/p+1. The van der Waals surface area contributed by atoms with Gasteiger partial charge in [0.2, 0.25) is 5.91 Å². The van der Waals surface area contributed by atoms with Gasteiger partial charge in [0.1, 0.15) is 0 Å². The van der Waals surface area contributed by atoms with Crippen LogP contribution in [0, 0.1) is 5.92 Å². The number of carbonyl (C=O) groups excluding carboxylic acids is 1. The van der Waals surface area contributed by atoms with Crippen molar-refractivity contribution >= 4 is 41.0 Å². The fourth-order valence-electron chi connectivity index (χ4n) is 4.06. The zero-order valence-corrected chi connectivity index (χ0v) is 22.2. The summed E-state index contributed by atoms with van der Waals surface area (Å²) in [6.45, 7) is 1.01. The topological polar surface area (TPSA) is 70.2 Å². The van der Waals surface area contributed by atoms with Gasteiger partial charge in [-0.05, 0) is 76.1 Å². The number of hydrogen-bond acceptors (Lipinski definition) is 6. The van der Waals surface area contributed by atoms with Crippen molar-refractivity contribution in [1.29, 1.82) is 0 Å². The molecule has 1 amide bonds. The molecule has 0 radical (unpaired) electrons. The minimum Gasteiger partial charge on any atom is -0.377 e. The van der Waals surface area contributed by atoms with E-state index in [4.69, 9.17) is 4.84 Å². The molecule has 1 aliphatic carbocycles. The van der Waals surface area contributed by atoms with Crippen LogP contribution < -0.4 is 15.5 Å². The number of benzene rings is 2. The normalized spacial score (nSPS) is 15.3. The highest BCUT2D eigenvalue weighted by Crippen LogP contribution is 2.29. The Hall–Kier alpha value is -1.71. The zero-order chi connectivity index (χ0) is 24.2. The first-order chi connectivity index (χ1) is 16.5. The van der Waals surface area contributed by atoms with Crippen LogP contribution in [-0.4, -0.2) is 50.4 Å². The van der Waals surface area contributed by atoms with Gasteiger partial charge in [0, 0.05) is 33.6 Å². The Labute approximate surface area is 213 Å². The molecule has 0 saturated heterocycles. The second-order valence-corrected chi connectivity index (χ2v) is 11.0. The van der Waals surface area contributed by atoms with Gasteiger partial charge >= 0.3 is 0 Å². The quantitative estimate of drug-likeness (QED) is 0.160. The number of hydrogen-bond donors (Lipinski definition) is 3. The summed E-state index contributed by atoms with van der Waals surface area (Å²) in [5, 5.41) is 3.75. The maximum absolute atomic E-state index is 12.5. The molecule has 6 nitrogen and oxygen atoms in total. The van der Waals surface area contributed by atoms with Gasteiger partial charge in [-0.2, -0.15) is 5.48 Å². The molecule has 2 aromatic rings. The lowest BCUT2D eigenvalue weighted by Gasteiger charge is -2.22. The molecule has 0 bridgehead atoms. The maximum atomic E-state index is 12.5. The molecule has 0 aliphatic heterocycles. The highest BCUT2D eigenvalue weighted by atomic mass is 32.2. The number of anilines is 1. The van der Waals surface area contributed by atoms with Crippen LogP contribution in [0.3, 0.4) is 0 Å². The number of nitrogens with two attached hydrogens (primary N) is 1. The van der Waals surface area contributed by atoms with E-state index >= 15 is 0 Å². The number of carbonyl (C=O) groups is 1. The smallest absolute Gasteiger partial charge is 0.233 e. The molecular formula is C26H39N4O2S2+. The molecule has 34 heavy (non-hydrogen) atoms. The predicted molar refractivity (Wildman–Crippen MR) is 143 cm³/mol. The van der Waals surface area contributed by atoms with Gasteiger partial charge in [-0.1, -0.05) is 37.5 Å². The van der Waals surface area contributed by atoms with Crippen molar-refractivity contribution < 1.29 is 15.1 Å². The Kier molecular flexibility index (Phi) is 11.6. The lowest BCUT2D eigenvalue weighted by atomic mass is 9.89. The summed E-state index contributed by atoms with van der Waals surface area (Å²) in [5.74, 6) is 1.29. The fraction of sp³-hybridized carbons (Fsp3) is 0.500. The van der Waals surface area contributed by atoms with E-state index < -0.39 is 0 Å². The third-order valence-electron chi connectivity index (χ3n) is 5.99. The Morgan fingerprint density at radius 1 is 1.12 bits per heavy atom. The lowest BCUT2D eigenvalue weighted by molar-refractivity contribution is -0.829. The first kappa shape index (κ1) is 26.9. The van der Waals surface area contributed by atoms with Crippen LogP contribution in [0.4, 0.5) is 11.4 Å². The van der Waals surface area contributed by atoms with Crippen LogP contribution in [0.15, 0.2) is 58.3 Å². The molecule has 1 saturated carbocycles. The van der Waals surface area contributed by atoms with E-state index in [-0.39, 0.29) is 11.8 Å². The van der Waals surface area contributed by atoms with Crippen LogP contribution in [0.25, 0.3) is 0 Å². The third-order valence-corrected chi connectivity index (χ3v) is 7.96. The first-order valence-electron chi connectivity index (χ1n) is 12.1. The van der Waals surface area contributed by atoms with Crippen LogP contribution in [-0.2, 0) is 9.63 Å². The minimum absolute atomic E-state index is 0.158. The van der Waals surface area contributed by atoms with Crippen molar-refractivity contribution in [3.8, 4) is 0 Å². The van der Waals surface area contributed by atoms with E-state index in [0.717, 1.165) is 60.7 Å². The van der Waals surface area contributed by atoms with E-state index in [0.29, 0.717) is 6.04 Å². The molecule has 2 aromatic carbocycles. The third kappa shape index (κ3) is 9.15. The Morgan fingerprint density at radius 3 is 2.59 bits per heavy atom. The van der Waals surface area contributed by atoms with E-state index in [9.17, 15) is 4.79 Å². The second-order valence-electron chi connectivity index (χ2n) is 9.06. The number of rotatable bonds is 13. The summed E-state index contributed by atoms with van der Waals surface area (Å²) in [6, 6.07) is 17.1. The van der Waals surface area contributed by atoms with Gasteiger partial charge in [-0.25, -0.2) is 4.84 Å². The molecule has 0 aromatic heterocycles. The average Bonchev–Trinajstić information content (AvgIpc) is 2.86. The molecule has 8 heteroatoms. The van der Waals surface area contributed by atoms with Gasteiger partial charge in [0.05, 0.1) is 12.8 Å². The van der Waals surface area contributed by atoms with E-state index in [2.05, 4.69) is 77.6 Å². The van der Waals surface area contributed by atoms with Crippen molar-refractivity contribution in [2.24, 2.45) is 5.92 Å². The van der Waals surface area contributed by atoms with E-state index in [1.807, 2.05) is 11.8 Å². The molecule has 186 valence electrons. The Morgan fingerprint density at radius 2 is 1.88 bits per heavy atom. The van der Waals surface area contributed by atoms with Crippen LogP contribution >= 0.6 is 23.7 Å². The molecule has 1 unspecified atom stereocenters. The Bertz CT molecular complexity index is 876. The number of amides is 1. The highest BCUT2D eigenvalue weighted by Gasteiger charge is 2.21. The molecule has 1 aliphatic rings. The summed E-state index contributed by atoms with van der Waals surface area (Å²) in [6.07, 6.45) is 6.62. The van der Waals surface area contributed by atoms with Gasteiger partial charge < -0.3 is 10.2 Å². The monoisotopic (exact) mass is 503 g/mol. The lowest BCUT2D eigenvalue weighted by Crippen LogP contribution is -2.76. The molecule has 4 N–H and O–H groups in total. The number of quaternary nitrogens is 1. The summed E-state index contributed by atoms with van der Waals surface area (Å²) in [7, 11) is 5.89. The molecule has 0 spiro atoms. The van der Waals surface area contributed by atoms with Gasteiger partial charge in [0.25, 0.3) is 0 Å². The van der Waals surface area contributed by atoms with Crippen molar-refractivity contribution in [3.63, 3.8) is 0 Å². The highest BCUT2D eigenvalue weighted by molar-refractivity contribution is 7.99. The van der Waals surface area contributed by atoms with Crippen molar-refractivity contribution in [2.45, 2.75) is 54.4 Å². The van der Waals surface area contributed by atoms with Crippen molar-refractivity contribution in [2.75, 3.05) is 38.8 Å².